The minimum absolute atomic E-state index is 0.0580. The van der Waals surface area contributed by atoms with Crippen LogP contribution in [-0.2, 0) is 9.59 Å². The maximum atomic E-state index is 12.0. The molecular weight excluding hydrogens is 284 g/mol. The predicted octanol–water partition coefficient (Wildman–Crippen LogP) is 1.42. The van der Waals surface area contributed by atoms with Gasteiger partial charge in [-0.25, -0.2) is 0 Å². The molecule has 3 N–H and O–H groups in total. The molecular formula is C16H22N2O4. The monoisotopic (exact) mass is 306 g/mol. The zero-order chi connectivity index (χ0) is 16.8. The third-order valence-electron chi connectivity index (χ3n) is 3.66. The highest BCUT2D eigenvalue weighted by Gasteiger charge is 2.32. The van der Waals surface area contributed by atoms with Gasteiger partial charge in [0.2, 0.25) is 5.91 Å². The first kappa shape index (κ1) is 17.7. The van der Waals surface area contributed by atoms with Crippen molar-refractivity contribution in [1.29, 1.82) is 0 Å². The van der Waals surface area contributed by atoms with Crippen LogP contribution in [0, 0.1) is 5.92 Å². The van der Waals surface area contributed by atoms with E-state index < -0.39 is 17.4 Å². The van der Waals surface area contributed by atoms with E-state index in [2.05, 4.69) is 10.6 Å². The number of carbonyl (C=O) groups is 3. The highest BCUT2D eigenvalue weighted by Crippen LogP contribution is 2.20. The number of benzene rings is 1. The Labute approximate surface area is 129 Å². The molecule has 0 aliphatic rings. The fourth-order valence-electron chi connectivity index (χ4n) is 1.92. The van der Waals surface area contributed by atoms with Gasteiger partial charge in [-0.15, -0.1) is 0 Å². The van der Waals surface area contributed by atoms with Crippen molar-refractivity contribution in [3.8, 4) is 0 Å². The van der Waals surface area contributed by atoms with Gasteiger partial charge in [-0.2, -0.15) is 0 Å². The molecule has 1 rings (SSSR count). The van der Waals surface area contributed by atoms with Crippen LogP contribution in [0.1, 0.15) is 37.6 Å². The first-order valence-corrected chi connectivity index (χ1v) is 7.10. The predicted molar refractivity (Wildman–Crippen MR) is 82.4 cm³/mol. The molecule has 0 bridgehead atoms. The summed E-state index contributed by atoms with van der Waals surface area (Å²) < 4.78 is 0. The van der Waals surface area contributed by atoms with Crippen LogP contribution in [0.3, 0.4) is 0 Å². The van der Waals surface area contributed by atoms with E-state index in [9.17, 15) is 14.4 Å². The third kappa shape index (κ3) is 5.20. The first-order valence-electron chi connectivity index (χ1n) is 7.10. The smallest absolute Gasteiger partial charge is 0.305 e. The van der Waals surface area contributed by atoms with Gasteiger partial charge < -0.3 is 15.7 Å². The Hall–Kier alpha value is -2.37. The molecule has 0 aliphatic heterocycles. The summed E-state index contributed by atoms with van der Waals surface area (Å²) in [4.78, 5) is 34.7. The number of aliphatic carboxylic acids is 1. The van der Waals surface area contributed by atoms with E-state index in [4.69, 9.17) is 5.11 Å². The molecule has 6 heteroatoms. The summed E-state index contributed by atoms with van der Waals surface area (Å²) in [6, 6.07) is 8.56. The SMILES string of the molecule is CC(C)C(C)(CC(=O)O)NC(=O)CNC(=O)c1ccccc1. The molecule has 6 nitrogen and oxygen atoms in total. The molecule has 1 aromatic rings. The molecule has 0 radical (unpaired) electrons. The molecule has 0 aromatic heterocycles. The molecule has 0 spiro atoms. The maximum absolute atomic E-state index is 12.0. The van der Waals surface area contributed by atoms with Gasteiger partial charge in [-0.05, 0) is 25.0 Å². The Bertz CT molecular complexity index is 542. The minimum atomic E-state index is -0.982. The number of carboxylic acid groups (broad SMARTS) is 1. The Balaban J connectivity index is 2.58. The molecule has 0 aliphatic carbocycles. The summed E-state index contributed by atoms with van der Waals surface area (Å²) in [5.41, 5.74) is -0.395. The molecule has 0 fully saturated rings. The van der Waals surface area contributed by atoms with E-state index in [-0.39, 0.29) is 24.8 Å². The fourth-order valence-corrected chi connectivity index (χ4v) is 1.92. The molecule has 0 saturated heterocycles. The van der Waals surface area contributed by atoms with E-state index in [0.29, 0.717) is 5.56 Å². The lowest BCUT2D eigenvalue weighted by atomic mass is 9.85. The van der Waals surface area contributed by atoms with Crippen LogP contribution in [-0.4, -0.2) is 35.0 Å². The quantitative estimate of drug-likeness (QED) is 0.710. The summed E-state index contributed by atoms with van der Waals surface area (Å²) in [5.74, 6) is -1.80. The largest absolute Gasteiger partial charge is 0.481 e. The van der Waals surface area contributed by atoms with Gasteiger partial charge in [0.05, 0.1) is 18.5 Å². The van der Waals surface area contributed by atoms with Crippen LogP contribution >= 0.6 is 0 Å². The second kappa shape index (κ2) is 7.59. The normalized spacial score (nSPS) is 13.3. The molecule has 1 atom stereocenters. The van der Waals surface area contributed by atoms with E-state index in [1.54, 1.807) is 37.3 Å². The molecule has 1 aromatic carbocycles. The highest BCUT2D eigenvalue weighted by atomic mass is 16.4. The van der Waals surface area contributed by atoms with Crippen molar-refractivity contribution in [3.63, 3.8) is 0 Å². The van der Waals surface area contributed by atoms with Crippen LogP contribution in [0.5, 0.6) is 0 Å². The minimum Gasteiger partial charge on any atom is -0.481 e. The number of hydrogen-bond donors (Lipinski definition) is 3. The van der Waals surface area contributed by atoms with Gasteiger partial charge in [-0.3, -0.25) is 14.4 Å². The lowest BCUT2D eigenvalue weighted by Gasteiger charge is -2.33. The summed E-state index contributed by atoms with van der Waals surface area (Å²) >= 11 is 0. The Morgan fingerprint density at radius 2 is 1.77 bits per heavy atom. The van der Waals surface area contributed by atoms with Crippen molar-refractivity contribution in [2.75, 3.05) is 6.54 Å². The Morgan fingerprint density at radius 3 is 2.27 bits per heavy atom. The number of hydrogen-bond acceptors (Lipinski definition) is 3. The van der Waals surface area contributed by atoms with E-state index >= 15 is 0 Å². The van der Waals surface area contributed by atoms with Gasteiger partial charge in [0.1, 0.15) is 0 Å². The van der Waals surface area contributed by atoms with Gasteiger partial charge in [0.15, 0.2) is 0 Å². The number of carboxylic acids is 1. The van der Waals surface area contributed by atoms with Gasteiger partial charge in [0.25, 0.3) is 5.91 Å². The zero-order valence-electron chi connectivity index (χ0n) is 13.1. The van der Waals surface area contributed by atoms with Crippen molar-refractivity contribution >= 4 is 17.8 Å². The first-order chi connectivity index (χ1) is 10.2. The molecule has 0 saturated carbocycles. The maximum Gasteiger partial charge on any atom is 0.305 e. The van der Waals surface area contributed by atoms with Crippen molar-refractivity contribution in [3.05, 3.63) is 35.9 Å². The third-order valence-corrected chi connectivity index (χ3v) is 3.66. The average molecular weight is 306 g/mol. The van der Waals surface area contributed by atoms with E-state index in [1.807, 2.05) is 13.8 Å². The van der Waals surface area contributed by atoms with Crippen LogP contribution in [0.2, 0.25) is 0 Å². The van der Waals surface area contributed by atoms with Gasteiger partial charge >= 0.3 is 5.97 Å². The van der Waals surface area contributed by atoms with Crippen molar-refractivity contribution < 1.29 is 19.5 Å². The van der Waals surface area contributed by atoms with Crippen LogP contribution in [0.25, 0.3) is 0 Å². The molecule has 120 valence electrons. The second-order valence-electron chi connectivity index (χ2n) is 5.74. The molecule has 1 unspecified atom stereocenters. The zero-order valence-corrected chi connectivity index (χ0v) is 13.1. The van der Waals surface area contributed by atoms with Crippen LogP contribution in [0.15, 0.2) is 30.3 Å². The number of rotatable bonds is 7. The Kier molecular flexibility index (Phi) is 6.10. The fraction of sp³-hybridized carbons (Fsp3) is 0.438. The second-order valence-corrected chi connectivity index (χ2v) is 5.74. The van der Waals surface area contributed by atoms with E-state index in [0.717, 1.165) is 0 Å². The molecule has 22 heavy (non-hydrogen) atoms. The van der Waals surface area contributed by atoms with Crippen LogP contribution < -0.4 is 10.6 Å². The van der Waals surface area contributed by atoms with Crippen molar-refractivity contribution in [2.45, 2.75) is 32.7 Å². The topological polar surface area (TPSA) is 95.5 Å². The highest BCUT2D eigenvalue weighted by molar-refractivity contribution is 5.96. The van der Waals surface area contributed by atoms with Gasteiger partial charge in [-0.1, -0.05) is 32.0 Å². The molecule has 0 heterocycles. The standard InChI is InChI=1S/C16H22N2O4/c1-11(2)16(3,9-14(20)21)18-13(19)10-17-15(22)12-7-5-4-6-8-12/h4-8,11H,9-10H2,1-3H3,(H,17,22)(H,18,19)(H,20,21). The molecule has 2 amide bonds. The van der Waals surface area contributed by atoms with E-state index in [1.165, 1.54) is 0 Å². The van der Waals surface area contributed by atoms with Crippen LogP contribution in [0.4, 0.5) is 0 Å². The summed E-state index contributed by atoms with van der Waals surface area (Å²) in [7, 11) is 0. The lowest BCUT2D eigenvalue weighted by molar-refractivity contribution is -0.139. The average Bonchev–Trinajstić information content (AvgIpc) is 2.44. The summed E-state index contributed by atoms with van der Waals surface area (Å²) in [6.45, 7) is 5.16. The number of carbonyl (C=O) groups excluding carboxylic acids is 2. The lowest BCUT2D eigenvalue weighted by Crippen LogP contribution is -2.53. The van der Waals surface area contributed by atoms with Crippen molar-refractivity contribution in [2.24, 2.45) is 5.92 Å². The van der Waals surface area contributed by atoms with Gasteiger partial charge in [0, 0.05) is 5.56 Å². The van der Waals surface area contributed by atoms with Crippen molar-refractivity contribution in [1.82, 2.24) is 10.6 Å². The Morgan fingerprint density at radius 1 is 1.18 bits per heavy atom. The summed E-state index contributed by atoms with van der Waals surface area (Å²) in [6.07, 6.45) is -0.178. The summed E-state index contributed by atoms with van der Waals surface area (Å²) in [5, 5.41) is 14.2. The number of nitrogens with one attached hydrogen (secondary N) is 2. The number of amides is 2.